The lowest BCUT2D eigenvalue weighted by Crippen LogP contribution is -2.39. The van der Waals surface area contributed by atoms with E-state index in [1.54, 1.807) is 0 Å². The lowest BCUT2D eigenvalue weighted by molar-refractivity contribution is -0.135. The van der Waals surface area contributed by atoms with E-state index in [2.05, 4.69) is 10.2 Å². The van der Waals surface area contributed by atoms with Crippen molar-refractivity contribution in [2.75, 3.05) is 26.2 Å². The monoisotopic (exact) mass is 258 g/mol. The van der Waals surface area contributed by atoms with Crippen LogP contribution in [0, 0.1) is 17.8 Å². The molecule has 0 bridgehead atoms. The molecule has 2 aliphatic carbocycles. The van der Waals surface area contributed by atoms with Crippen LogP contribution >= 0.6 is 12.4 Å². The van der Waals surface area contributed by atoms with Crippen LogP contribution in [-0.4, -0.2) is 37.0 Å². The molecule has 98 valence electrons. The Labute approximate surface area is 110 Å². The van der Waals surface area contributed by atoms with Gasteiger partial charge in [-0.15, -0.1) is 12.4 Å². The van der Waals surface area contributed by atoms with Crippen molar-refractivity contribution in [1.82, 2.24) is 10.2 Å². The van der Waals surface area contributed by atoms with Crippen molar-refractivity contribution >= 4 is 18.3 Å². The van der Waals surface area contributed by atoms with Gasteiger partial charge in [0.25, 0.3) is 0 Å². The standard InChI is InChI=1S/C13H22N2O.ClH/c16-13(12-5-6-14-7-12)15(8-10-1-2-10)9-11-3-4-11;/h10-12,14H,1-9H2;1H. The summed E-state index contributed by atoms with van der Waals surface area (Å²) in [5.41, 5.74) is 0. The maximum Gasteiger partial charge on any atom is 0.227 e. The molecule has 1 saturated heterocycles. The highest BCUT2D eigenvalue weighted by Crippen LogP contribution is 2.34. The molecule has 1 amide bonds. The van der Waals surface area contributed by atoms with Crippen LogP contribution < -0.4 is 5.32 Å². The van der Waals surface area contributed by atoms with E-state index in [0.717, 1.165) is 44.4 Å². The van der Waals surface area contributed by atoms with Crippen LogP contribution in [-0.2, 0) is 4.79 Å². The number of carbonyl (C=O) groups excluding carboxylic acids is 1. The summed E-state index contributed by atoms with van der Waals surface area (Å²) in [5, 5.41) is 3.30. The molecule has 0 aromatic rings. The molecule has 3 nitrogen and oxygen atoms in total. The molecular weight excluding hydrogens is 236 g/mol. The molecule has 3 aliphatic rings. The zero-order chi connectivity index (χ0) is 11.0. The first kappa shape index (κ1) is 13.2. The van der Waals surface area contributed by atoms with Gasteiger partial charge in [0, 0.05) is 19.6 Å². The molecule has 1 unspecified atom stereocenters. The lowest BCUT2D eigenvalue weighted by atomic mass is 10.1. The fourth-order valence-electron chi connectivity index (χ4n) is 2.60. The van der Waals surface area contributed by atoms with Crippen molar-refractivity contribution in [2.45, 2.75) is 32.1 Å². The summed E-state index contributed by atoms with van der Waals surface area (Å²) in [6, 6.07) is 0. The Morgan fingerprint density at radius 1 is 1.06 bits per heavy atom. The SMILES string of the molecule is Cl.O=C(C1CCNC1)N(CC1CC1)CC1CC1. The number of halogens is 1. The topological polar surface area (TPSA) is 32.3 Å². The minimum Gasteiger partial charge on any atom is -0.342 e. The van der Waals surface area contributed by atoms with Crippen LogP contribution in [0.1, 0.15) is 32.1 Å². The minimum absolute atomic E-state index is 0. The van der Waals surface area contributed by atoms with Gasteiger partial charge in [-0.05, 0) is 50.5 Å². The number of hydrogen-bond donors (Lipinski definition) is 1. The number of rotatable bonds is 5. The molecule has 1 aliphatic heterocycles. The first-order valence-corrected chi connectivity index (χ1v) is 6.82. The minimum atomic E-state index is 0. The first-order valence-electron chi connectivity index (χ1n) is 6.82. The van der Waals surface area contributed by atoms with Crippen LogP contribution in [0.15, 0.2) is 0 Å². The summed E-state index contributed by atoms with van der Waals surface area (Å²) in [7, 11) is 0. The highest BCUT2D eigenvalue weighted by atomic mass is 35.5. The number of hydrogen-bond acceptors (Lipinski definition) is 2. The molecule has 2 saturated carbocycles. The van der Waals surface area contributed by atoms with Gasteiger partial charge in [0.2, 0.25) is 5.91 Å². The molecule has 0 aromatic carbocycles. The first-order chi connectivity index (χ1) is 7.83. The molecular formula is C13H23ClN2O. The van der Waals surface area contributed by atoms with E-state index in [1.807, 2.05) is 0 Å². The molecule has 4 heteroatoms. The van der Waals surface area contributed by atoms with Gasteiger partial charge in [0.05, 0.1) is 5.92 Å². The molecule has 1 heterocycles. The van der Waals surface area contributed by atoms with Gasteiger partial charge in [-0.3, -0.25) is 4.79 Å². The third kappa shape index (κ3) is 3.59. The quantitative estimate of drug-likeness (QED) is 0.814. The van der Waals surface area contributed by atoms with Crippen LogP contribution in [0.3, 0.4) is 0 Å². The Balaban J connectivity index is 0.00000108. The third-order valence-electron chi connectivity index (χ3n) is 4.07. The van der Waals surface area contributed by atoms with Gasteiger partial charge in [-0.2, -0.15) is 0 Å². The highest BCUT2D eigenvalue weighted by Gasteiger charge is 2.34. The van der Waals surface area contributed by atoms with Gasteiger partial charge < -0.3 is 10.2 Å². The van der Waals surface area contributed by atoms with E-state index in [-0.39, 0.29) is 18.3 Å². The molecule has 0 aromatic heterocycles. The predicted octanol–water partition coefficient (Wildman–Crippen LogP) is 1.67. The van der Waals surface area contributed by atoms with Crippen molar-refractivity contribution in [3.05, 3.63) is 0 Å². The predicted molar refractivity (Wildman–Crippen MR) is 70.3 cm³/mol. The maximum absolute atomic E-state index is 12.4. The van der Waals surface area contributed by atoms with E-state index in [1.165, 1.54) is 25.7 Å². The Kier molecular flexibility index (Phi) is 4.31. The molecule has 0 radical (unpaired) electrons. The summed E-state index contributed by atoms with van der Waals surface area (Å²) in [5.74, 6) is 2.37. The summed E-state index contributed by atoms with van der Waals surface area (Å²) >= 11 is 0. The number of nitrogens with zero attached hydrogens (tertiary/aromatic N) is 1. The Morgan fingerprint density at radius 2 is 1.65 bits per heavy atom. The third-order valence-corrected chi connectivity index (χ3v) is 4.07. The van der Waals surface area contributed by atoms with Crippen molar-refractivity contribution in [3.8, 4) is 0 Å². The molecule has 17 heavy (non-hydrogen) atoms. The van der Waals surface area contributed by atoms with Gasteiger partial charge in [0.1, 0.15) is 0 Å². The molecule has 3 rings (SSSR count). The highest BCUT2D eigenvalue weighted by molar-refractivity contribution is 5.85. The maximum atomic E-state index is 12.4. The van der Waals surface area contributed by atoms with Gasteiger partial charge in [-0.25, -0.2) is 0 Å². The van der Waals surface area contributed by atoms with Crippen molar-refractivity contribution in [2.24, 2.45) is 17.8 Å². The van der Waals surface area contributed by atoms with Crippen LogP contribution in [0.2, 0.25) is 0 Å². The van der Waals surface area contributed by atoms with E-state index < -0.39 is 0 Å². The molecule has 3 fully saturated rings. The second-order valence-corrected chi connectivity index (χ2v) is 5.82. The summed E-state index contributed by atoms with van der Waals surface area (Å²) < 4.78 is 0. The normalized spacial score (nSPS) is 27.6. The van der Waals surface area contributed by atoms with Crippen LogP contribution in [0.4, 0.5) is 0 Å². The van der Waals surface area contributed by atoms with Gasteiger partial charge in [-0.1, -0.05) is 0 Å². The molecule has 1 N–H and O–H groups in total. The van der Waals surface area contributed by atoms with Crippen LogP contribution in [0.5, 0.6) is 0 Å². The number of carbonyl (C=O) groups is 1. The average Bonchev–Trinajstić information content (AvgIpc) is 3.20. The smallest absolute Gasteiger partial charge is 0.227 e. The lowest BCUT2D eigenvalue weighted by Gasteiger charge is -2.25. The molecule has 1 atom stereocenters. The fraction of sp³-hybridized carbons (Fsp3) is 0.923. The van der Waals surface area contributed by atoms with E-state index in [0.29, 0.717) is 5.91 Å². The molecule has 0 spiro atoms. The van der Waals surface area contributed by atoms with Crippen molar-refractivity contribution in [1.29, 1.82) is 0 Å². The summed E-state index contributed by atoms with van der Waals surface area (Å²) in [6.07, 6.45) is 6.42. The van der Waals surface area contributed by atoms with Gasteiger partial charge >= 0.3 is 0 Å². The Bertz CT molecular complexity index is 257. The van der Waals surface area contributed by atoms with E-state index in [9.17, 15) is 4.79 Å². The largest absolute Gasteiger partial charge is 0.342 e. The van der Waals surface area contributed by atoms with E-state index in [4.69, 9.17) is 0 Å². The fourth-order valence-corrected chi connectivity index (χ4v) is 2.60. The second-order valence-electron chi connectivity index (χ2n) is 5.82. The van der Waals surface area contributed by atoms with Crippen molar-refractivity contribution in [3.63, 3.8) is 0 Å². The Morgan fingerprint density at radius 3 is 2.06 bits per heavy atom. The van der Waals surface area contributed by atoms with Crippen LogP contribution in [0.25, 0.3) is 0 Å². The number of amides is 1. The summed E-state index contributed by atoms with van der Waals surface area (Å²) in [6.45, 7) is 4.03. The zero-order valence-electron chi connectivity index (χ0n) is 10.4. The average molecular weight is 259 g/mol. The van der Waals surface area contributed by atoms with Gasteiger partial charge in [0.15, 0.2) is 0 Å². The van der Waals surface area contributed by atoms with Crippen molar-refractivity contribution < 1.29 is 4.79 Å². The zero-order valence-corrected chi connectivity index (χ0v) is 11.2. The summed E-state index contributed by atoms with van der Waals surface area (Å²) in [4.78, 5) is 14.5. The Hall–Kier alpha value is -0.280. The second kappa shape index (κ2) is 5.57. The van der Waals surface area contributed by atoms with E-state index >= 15 is 0 Å². The number of nitrogens with one attached hydrogen (secondary N) is 1.